The normalized spacial score (nSPS) is 20.5. The number of alkyl halides is 2. The molecule has 0 aromatic heterocycles. The third kappa shape index (κ3) is 6.01. The Morgan fingerprint density at radius 1 is 1.40 bits per heavy atom. The molecular formula is C23H34F2N4O. The molecule has 2 N–H and O–H groups in total. The van der Waals surface area contributed by atoms with E-state index in [1.54, 1.807) is 11.0 Å². The number of carbonyl (C=O) groups is 1. The molecule has 2 saturated heterocycles. The summed E-state index contributed by atoms with van der Waals surface area (Å²) in [7, 11) is 2.07. The van der Waals surface area contributed by atoms with Gasteiger partial charge in [-0.05, 0) is 55.6 Å². The van der Waals surface area contributed by atoms with Crippen molar-refractivity contribution in [3.63, 3.8) is 0 Å². The van der Waals surface area contributed by atoms with Crippen LogP contribution in [0.15, 0.2) is 12.1 Å². The molecule has 0 bridgehead atoms. The largest absolute Gasteiger partial charge is 0.380 e. The van der Waals surface area contributed by atoms with Crippen LogP contribution in [0, 0.1) is 12.8 Å². The SMILES string of the molecule is C=c1ccc(C(=O)NCCN2CCC(F)(F)C2)c(C)/c1=C/N(C)CC1CCNCC1. The first-order valence-electron chi connectivity index (χ1n) is 10.8. The fourth-order valence-electron chi connectivity index (χ4n) is 4.38. The van der Waals surface area contributed by atoms with Crippen molar-refractivity contribution in [2.24, 2.45) is 5.92 Å². The molecule has 0 atom stereocenters. The third-order valence-corrected chi connectivity index (χ3v) is 6.17. The van der Waals surface area contributed by atoms with Gasteiger partial charge in [0.25, 0.3) is 11.8 Å². The number of amides is 1. The van der Waals surface area contributed by atoms with E-state index in [0.717, 1.165) is 35.6 Å². The maximum Gasteiger partial charge on any atom is 0.261 e. The van der Waals surface area contributed by atoms with Gasteiger partial charge in [-0.2, -0.15) is 0 Å². The van der Waals surface area contributed by atoms with Gasteiger partial charge in [0.1, 0.15) is 0 Å². The van der Waals surface area contributed by atoms with Crippen molar-refractivity contribution in [3.8, 4) is 0 Å². The van der Waals surface area contributed by atoms with Gasteiger partial charge in [0, 0.05) is 56.6 Å². The van der Waals surface area contributed by atoms with Crippen molar-refractivity contribution in [1.82, 2.24) is 20.4 Å². The molecular weight excluding hydrogens is 386 g/mol. The number of benzene rings is 1. The van der Waals surface area contributed by atoms with Gasteiger partial charge in [0.05, 0.1) is 6.54 Å². The van der Waals surface area contributed by atoms with Gasteiger partial charge < -0.3 is 15.5 Å². The van der Waals surface area contributed by atoms with Crippen LogP contribution in [0.3, 0.4) is 0 Å². The minimum atomic E-state index is -2.60. The maximum atomic E-state index is 13.3. The lowest BCUT2D eigenvalue weighted by Crippen LogP contribution is -2.38. The Morgan fingerprint density at radius 3 is 2.80 bits per heavy atom. The van der Waals surface area contributed by atoms with Gasteiger partial charge in [-0.15, -0.1) is 0 Å². The van der Waals surface area contributed by atoms with Crippen molar-refractivity contribution < 1.29 is 13.6 Å². The van der Waals surface area contributed by atoms with Crippen LogP contribution >= 0.6 is 0 Å². The molecule has 30 heavy (non-hydrogen) atoms. The van der Waals surface area contributed by atoms with Crippen LogP contribution in [-0.2, 0) is 0 Å². The molecule has 0 saturated carbocycles. The Balaban J connectivity index is 1.62. The Morgan fingerprint density at radius 2 is 2.13 bits per heavy atom. The molecule has 2 fully saturated rings. The van der Waals surface area contributed by atoms with E-state index >= 15 is 0 Å². The zero-order valence-corrected chi connectivity index (χ0v) is 18.1. The molecule has 1 amide bonds. The number of carbonyl (C=O) groups excluding carboxylic acids is 1. The van der Waals surface area contributed by atoms with E-state index in [2.05, 4.69) is 35.4 Å². The molecule has 0 aliphatic carbocycles. The zero-order chi connectivity index (χ0) is 21.7. The van der Waals surface area contributed by atoms with E-state index in [9.17, 15) is 13.6 Å². The number of hydrogen-bond donors (Lipinski definition) is 2. The van der Waals surface area contributed by atoms with Gasteiger partial charge >= 0.3 is 0 Å². The van der Waals surface area contributed by atoms with Crippen molar-refractivity contribution in [1.29, 1.82) is 0 Å². The molecule has 166 valence electrons. The van der Waals surface area contributed by atoms with E-state index in [1.807, 2.05) is 13.0 Å². The van der Waals surface area contributed by atoms with E-state index < -0.39 is 5.92 Å². The Labute approximate surface area is 177 Å². The number of hydrogen-bond acceptors (Lipinski definition) is 4. The van der Waals surface area contributed by atoms with Crippen LogP contribution in [-0.4, -0.2) is 74.5 Å². The summed E-state index contributed by atoms with van der Waals surface area (Å²) in [5.41, 5.74) is 1.50. The van der Waals surface area contributed by atoms with Gasteiger partial charge in [-0.25, -0.2) is 8.78 Å². The molecule has 5 nitrogen and oxygen atoms in total. The van der Waals surface area contributed by atoms with Crippen LogP contribution < -0.4 is 21.1 Å². The monoisotopic (exact) mass is 420 g/mol. The van der Waals surface area contributed by atoms with E-state index in [1.165, 1.54) is 12.8 Å². The fourth-order valence-corrected chi connectivity index (χ4v) is 4.38. The molecule has 0 unspecified atom stereocenters. The minimum Gasteiger partial charge on any atom is -0.380 e. The van der Waals surface area contributed by atoms with Gasteiger partial charge in [0.15, 0.2) is 0 Å². The number of nitrogens with one attached hydrogen (secondary N) is 2. The number of piperidine rings is 1. The molecule has 0 spiro atoms. The van der Waals surface area contributed by atoms with Crippen molar-refractivity contribution in [3.05, 3.63) is 33.7 Å². The average molecular weight is 421 g/mol. The topological polar surface area (TPSA) is 47.6 Å². The fraction of sp³-hybridized carbons (Fsp3) is 0.609. The predicted molar refractivity (Wildman–Crippen MR) is 117 cm³/mol. The molecule has 2 heterocycles. The second kappa shape index (κ2) is 9.88. The summed E-state index contributed by atoms with van der Waals surface area (Å²) in [4.78, 5) is 16.6. The summed E-state index contributed by atoms with van der Waals surface area (Å²) in [6.45, 7) is 10.1. The van der Waals surface area contributed by atoms with Crippen LogP contribution in [0.2, 0.25) is 0 Å². The smallest absolute Gasteiger partial charge is 0.261 e. The van der Waals surface area contributed by atoms with Crippen LogP contribution in [0.1, 0.15) is 35.2 Å². The van der Waals surface area contributed by atoms with E-state index in [4.69, 9.17) is 0 Å². The van der Waals surface area contributed by atoms with Crippen LogP contribution in [0.25, 0.3) is 12.8 Å². The second-order valence-electron chi connectivity index (χ2n) is 8.71. The van der Waals surface area contributed by atoms with E-state index in [-0.39, 0.29) is 18.9 Å². The average Bonchev–Trinajstić information content (AvgIpc) is 3.04. The van der Waals surface area contributed by atoms with Crippen molar-refractivity contribution in [2.45, 2.75) is 32.1 Å². The molecule has 0 radical (unpaired) electrons. The molecule has 1 aromatic rings. The van der Waals surface area contributed by atoms with Crippen LogP contribution in [0.4, 0.5) is 8.78 Å². The number of halogens is 2. The highest BCUT2D eigenvalue weighted by Crippen LogP contribution is 2.26. The highest BCUT2D eigenvalue weighted by atomic mass is 19.3. The molecule has 7 heteroatoms. The minimum absolute atomic E-state index is 0.102. The van der Waals surface area contributed by atoms with Crippen molar-refractivity contribution >= 4 is 18.7 Å². The summed E-state index contributed by atoms with van der Waals surface area (Å²) >= 11 is 0. The molecule has 3 rings (SSSR count). The van der Waals surface area contributed by atoms with Crippen LogP contribution in [0.5, 0.6) is 0 Å². The molecule has 2 aliphatic heterocycles. The lowest BCUT2D eigenvalue weighted by molar-refractivity contribution is 0.0124. The van der Waals surface area contributed by atoms with Gasteiger partial charge in [-0.3, -0.25) is 9.69 Å². The number of rotatable bonds is 7. The summed E-state index contributed by atoms with van der Waals surface area (Å²) in [5, 5.41) is 8.13. The summed E-state index contributed by atoms with van der Waals surface area (Å²) < 4.78 is 26.6. The zero-order valence-electron chi connectivity index (χ0n) is 18.1. The number of likely N-dealkylation sites (tertiary alicyclic amines) is 1. The first-order valence-corrected chi connectivity index (χ1v) is 10.8. The number of nitrogens with zero attached hydrogens (tertiary/aromatic N) is 2. The maximum absolute atomic E-state index is 13.3. The summed E-state index contributed by atoms with van der Waals surface area (Å²) in [6, 6.07) is 3.66. The lowest BCUT2D eigenvalue weighted by Gasteiger charge is -2.27. The summed E-state index contributed by atoms with van der Waals surface area (Å²) in [6.07, 6.45) is 4.34. The molecule has 2 aliphatic rings. The highest BCUT2D eigenvalue weighted by molar-refractivity contribution is 5.95. The Kier molecular flexibility index (Phi) is 7.47. The first-order chi connectivity index (χ1) is 14.2. The second-order valence-corrected chi connectivity index (χ2v) is 8.71. The standard InChI is InChI=1S/C23H34F2N4O/c1-17-4-5-20(22(30)27-11-13-29-12-8-23(24,25)16-29)18(2)21(17)15-28(3)14-19-6-9-26-10-7-19/h4-5,15,19,26H,1,6-14,16H2,2-3H3,(H,27,30)/b21-15+. The van der Waals surface area contributed by atoms with Gasteiger partial charge in [-0.1, -0.05) is 12.6 Å². The highest BCUT2D eigenvalue weighted by Gasteiger charge is 2.37. The Bertz CT molecular complexity index is 851. The predicted octanol–water partition coefficient (Wildman–Crippen LogP) is 1.15. The van der Waals surface area contributed by atoms with Gasteiger partial charge in [0.2, 0.25) is 0 Å². The summed E-state index contributed by atoms with van der Waals surface area (Å²) in [5.74, 6) is -2.10. The lowest BCUT2D eigenvalue weighted by atomic mass is 9.97. The third-order valence-electron chi connectivity index (χ3n) is 6.17. The van der Waals surface area contributed by atoms with E-state index in [0.29, 0.717) is 31.1 Å². The molecule has 1 aromatic carbocycles. The van der Waals surface area contributed by atoms with Crippen molar-refractivity contribution in [2.75, 3.05) is 52.9 Å². The Hall–Kier alpha value is -1.99. The first kappa shape index (κ1) is 22.7. The quantitative estimate of drug-likeness (QED) is 0.695.